The van der Waals surface area contributed by atoms with Crippen molar-refractivity contribution in [3.8, 4) is 0 Å². The quantitative estimate of drug-likeness (QED) is 0.686. The molecule has 2 aliphatic rings. The zero-order chi connectivity index (χ0) is 21.2. The highest BCUT2D eigenvalue weighted by molar-refractivity contribution is 7.89. The smallest absolute Gasteiger partial charge is 0.244 e. The molecule has 10 heteroatoms. The number of likely N-dealkylation sites (tertiary alicyclic amines) is 1. The first-order valence-electron chi connectivity index (χ1n) is 9.65. The van der Waals surface area contributed by atoms with Gasteiger partial charge in [0, 0.05) is 40.0 Å². The van der Waals surface area contributed by atoms with Gasteiger partial charge < -0.3 is 10.2 Å². The van der Waals surface area contributed by atoms with E-state index in [1.165, 1.54) is 16.4 Å². The van der Waals surface area contributed by atoms with Gasteiger partial charge in [-0.15, -0.1) is 0 Å². The lowest BCUT2D eigenvalue weighted by molar-refractivity contribution is -0.141. The van der Waals surface area contributed by atoms with Crippen molar-refractivity contribution in [1.82, 2.24) is 9.21 Å². The third-order valence-corrected chi connectivity index (χ3v) is 7.03. The third kappa shape index (κ3) is 4.59. The minimum Gasteiger partial charge on any atom is -0.376 e. The highest BCUT2D eigenvalue weighted by Crippen LogP contribution is 2.30. The number of sulfonamides is 1. The second-order valence-corrected chi connectivity index (χ2v) is 9.40. The molecular weight excluding hydrogens is 396 g/mol. The average molecular weight is 423 g/mol. The average Bonchev–Trinajstić information content (AvgIpc) is 3.00. The molecule has 2 aliphatic heterocycles. The van der Waals surface area contributed by atoms with Crippen LogP contribution in [-0.4, -0.2) is 69.1 Å². The number of carbonyl (C=O) groups excluding carboxylic acids is 3. The van der Waals surface area contributed by atoms with E-state index in [4.69, 9.17) is 0 Å². The molecule has 0 atom stereocenters. The maximum atomic E-state index is 13.0. The molecule has 1 N–H and O–H groups in total. The van der Waals surface area contributed by atoms with Crippen molar-refractivity contribution in [2.75, 3.05) is 43.9 Å². The van der Waals surface area contributed by atoms with Crippen LogP contribution in [0, 0.1) is 0 Å². The number of carbonyl (C=O) groups is 3. The summed E-state index contributed by atoms with van der Waals surface area (Å²) in [4.78, 5) is 38.7. The van der Waals surface area contributed by atoms with Gasteiger partial charge in [-0.25, -0.2) is 8.42 Å². The van der Waals surface area contributed by atoms with Crippen molar-refractivity contribution in [2.24, 2.45) is 0 Å². The molecular formula is C19H26N4O5S. The van der Waals surface area contributed by atoms with E-state index in [2.05, 4.69) is 5.32 Å². The van der Waals surface area contributed by atoms with Gasteiger partial charge in [0.25, 0.3) is 0 Å². The van der Waals surface area contributed by atoms with Crippen LogP contribution in [0.4, 0.5) is 11.4 Å². The normalized spacial score (nSPS) is 18.2. The predicted molar refractivity (Wildman–Crippen MR) is 108 cm³/mol. The zero-order valence-electron chi connectivity index (χ0n) is 16.7. The Morgan fingerprint density at radius 2 is 1.69 bits per heavy atom. The van der Waals surface area contributed by atoms with Gasteiger partial charge in [-0.3, -0.25) is 19.3 Å². The van der Waals surface area contributed by atoms with Crippen LogP contribution in [0.15, 0.2) is 23.1 Å². The zero-order valence-corrected chi connectivity index (χ0v) is 17.5. The molecule has 0 bridgehead atoms. The van der Waals surface area contributed by atoms with Crippen LogP contribution >= 0.6 is 0 Å². The van der Waals surface area contributed by atoms with Gasteiger partial charge in [0.2, 0.25) is 27.7 Å². The lowest BCUT2D eigenvalue weighted by atomic mass is 10.2. The summed E-state index contributed by atoms with van der Waals surface area (Å²) in [6, 6.07) is 4.60. The van der Waals surface area contributed by atoms with Crippen molar-refractivity contribution < 1.29 is 22.8 Å². The van der Waals surface area contributed by atoms with Gasteiger partial charge in [-0.1, -0.05) is 6.42 Å². The van der Waals surface area contributed by atoms with E-state index < -0.39 is 15.9 Å². The van der Waals surface area contributed by atoms with Crippen molar-refractivity contribution in [1.29, 1.82) is 0 Å². The van der Waals surface area contributed by atoms with Crippen LogP contribution in [-0.2, 0) is 24.4 Å². The maximum absolute atomic E-state index is 13.0. The number of hydrogen-bond acceptors (Lipinski definition) is 6. The number of imide groups is 1. The maximum Gasteiger partial charge on any atom is 0.244 e. The van der Waals surface area contributed by atoms with Crippen LogP contribution in [0.5, 0.6) is 0 Å². The Kier molecular flexibility index (Phi) is 6.23. The molecule has 0 spiro atoms. The SMILES string of the molecule is CN(C)c1ccc(S(=O)(=O)N2CCCCC2)cc1NC(=O)CN1C(=O)CCC1=O. The van der Waals surface area contributed by atoms with Gasteiger partial charge in [-0.2, -0.15) is 4.31 Å². The van der Waals surface area contributed by atoms with Crippen molar-refractivity contribution >= 4 is 39.1 Å². The Morgan fingerprint density at radius 1 is 1.07 bits per heavy atom. The summed E-state index contributed by atoms with van der Waals surface area (Å²) in [6.45, 7) is 0.588. The van der Waals surface area contributed by atoms with E-state index in [9.17, 15) is 22.8 Å². The summed E-state index contributed by atoms with van der Waals surface area (Å²) in [5, 5.41) is 2.67. The molecule has 0 aromatic heterocycles. The molecule has 1 aromatic rings. The van der Waals surface area contributed by atoms with Crippen LogP contribution in [0.3, 0.4) is 0 Å². The first-order chi connectivity index (χ1) is 13.7. The minimum absolute atomic E-state index is 0.105. The minimum atomic E-state index is -3.66. The Labute approximate surface area is 170 Å². The number of rotatable bonds is 6. The molecule has 3 amide bonds. The molecule has 2 fully saturated rings. The molecule has 0 radical (unpaired) electrons. The molecule has 0 saturated carbocycles. The van der Waals surface area contributed by atoms with Crippen LogP contribution in [0.1, 0.15) is 32.1 Å². The molecule has 0 unspecified atom stereocenters. The summed E-state index contributed by atoms with van der Waals surface area (Å²) in [7, 11) is -0.108. The van der Waals surface area contributed by atoms with Crippen LogP contribution in [0.25, 0.3) is 0 Å². The standard InChI is InChI=1S/C19H26N4O5S/c1-21(2)16-7-6-14(29(27,28)22-10-4-3-5-11-22)12-15(16)20-17(24)13-23-18(25)8-9-19(23)26/h6-7,12H,3-5,8-11,13H2,1-2H3,(H,20,24). The largest absolute Gasteiger partial charge is 0.376 e. The second kappa shape index (κ2) is 8.50. The Morgan fingerprint density at radius 3 is 2.28 bits per heavy atom. The molecule has 2 saturated heterocycles. The van der Waals surface area contributed by atoms with Gasteiger partial charge in [-0.05, 0) is 31.0 Å². The van der Waals surface area contributed by atoms with Gasteiger partial charge in [0.1, 0.15) is 6.54 Å². The number of anilines is 2. The third-order valence-electron chi connectivity index (χ3n) is 5.13. The van der Waals surface area contributed by atoms with E-state index >= 15 is 0 Å². The highest BCUT2D eigenvalue weighted by Gasteiger charge is 2.31. The predicted octanol–water partition coefficient (Wildman–Crippen LogP) is 1.01. The highest BCUT2D eigenvalue weighted by atomic mass is 32.2. The van der Waals surface area contributed by atoms with E-state index in [1.807, 2.05) is 0 Å². The van der Waals surface area contributed by atoms with E-state index in [-0.39, 0.29) is 36.1 Å². The molecule has 3 rings (SSSR count). The Bertz CT molecular complexity index is 907. The van der Waals surface area contributed by atoms with E-state index in [0.29, 0.717) is 24.5 Å². The second-order valence-electron chi connectivity index (χ2n) is 7.46. The monoisotopic (exact) mass is 422 g/mol. The molecule has 9 nitrogen and oxygen atoms in total. The fourth-order valence-electron chi connectivity index (χ4n) is 3.55. The lowest BCUT2D eigenvalue weighted by Gasteiger charge is -2.27. The summed E-state index contributed by atoms with van der Waals surface area (Å²) in [5.41, 5.74) is 0.937. The molecule has 0 aliphatic carbocycles. The lowest BCUT2D eigenvalue weighted by Crippen LogP contribution is -2.37. The first-order valence-corrected chi connectivity index (χ1v) is 11.1. The van der Waals surface area contributed by atoms with Gasteiger partial charge in [0.05, 0.1) is 16.3 Å². The Balaban J connectivity index is 1.84. The van der Waals surface area contributed by atoms with Crippen molar-refractivity contribution in [2.45, 2.75) is 37.0 Å². The number of nitrogens with zero attached hydrogens (tertiary/aromatic N) is 3. The molecule has 1 aromatic carbocycles. The fraction of sp³-hybridized carbons (Fsp3) is 0.526. The fourth-order valence-corrected chi connectivity index (χ4v) is 5.10. The van der Waals surface area contributed by atoms with Crippen LogP contribution < -0.4 is 10.2 Å². The van der Waals surface area contributed by atoms with Crippen molar-refractivity contribution in [3.05, 3.63) is 18.2 Å². The van der Waals surface area contributed by atoms with Gasteiger partial charge >= 0.3 is 0 Å². The van der Waals surface area contributed by atoms with E-state index in [1.54, 1.807) is 25.1 Å². The van der Waals surface area contributed by atoms with Crippen LogP contribution in [0.2, 0.25) is 0 Å². The summed E-state index contributed by atoms with van der Waals surface area (Å²) >= 11 is 0. The number of benzene rings is 1. The number of piperidine rings is 1. The Hall–Kier alpha value is -2.46. The van der Waals surface area contributed by atoms with E-state index in [0.717, 1.165) is 24.2 Å². The summed E-state index contributed by atoms with van der Waals surface area (Å²) in [6.07, 6.45) is 2.89. The molecule has 2 heterocycles. The van der Waals surface area contributed by atoms with Gasteiger partial charge in [0.15, 0.2) is 0 Å². The summed E-state index contributed by atoms with van der Waals surface area (Å²) in [5.74, 6) is -1.30. The number of amides is 3. The topological polar surface area (TPSA) is 107 Å². The number of hydrogen-bond donors (Lipinski definition) is 1. The molecule has 29 heavy (non-hydrogen) atoms. The summed E-state index contributed by atoms with van der Waals surface area (Å²) < 4.78 is 27.4. The number of nitrogens with one attached hydrogen (secondary N) is 1. The molecule has 158 valence electrons. The first kappa shape index (κ1) is 21.3. The van der Waals surface area contributed by atoms with Crippen molar-refractivity contribution in [3.63, 3.8) is 0 Å².